The average Bonchev–Trinajstić information content (AvgIpc) is 3.69. The lowest BCUT2D eigenvalue weighted by Gasteiger charge is -2.53. The van der Waals surface area contributed by atoms with Crippen LogP contribution in [0.3, 0.4) is 0 Å². The summed E-state index contributed by atoms with van der Waals surface area (Å²) in [6, 6.07) is 0. The van der Waals surface area contributed by atoms with E-state index < -0.39 is 109 Å². The number of aliphatic hydroxyl groups is 6. The van der Waals surface area contributed by atoms with Crippen molar-refractivity contribution >= 4 is 11.9 Å². The number of aliphatic hydroxyl groups excluding tert-OH is 6. The Kier molecular flexibility index (Phi) is 20.0. The van der Waals surface area contributed by atoms with Crippen LogP contribution in [0.15, 0.2) is 24.3 Å². The number of allylic oxidation sites excluding steroid dienone is 2. The number of methoxy groups -OCH3 is 3. The van der Waals surface area contributed by atoms with Crippen molar-refractivity contribution in [2.24, 2.45) is 17.8 Å². The van der Waals surface area contributed by atoms with Gasteiger partial charge >= 0.3 is 11.9 Å². The first kappa shape index (κ1) is 56.6. The first-order valence-electron chi connectivity index (χ1n) is 26.7. The molecule has 0 amide bonds. The zero-order valence-electron chi connectivity index (χ0n) is 42.9. The maximum absolute atomic E-state index is 13.9. The summed E-state index contributed by atoms with van der Waals surface area (Å²) >= 11 is 0. The number of carbonyl (C=O) groups excluding carboxylic acids is 2. The molecule has 7 saturated heterocycles. The zero-order chi connectivity index (χ0) is 51.1. The third-order valence-corrected chi connectivity index (χ3v) is 16.8. The van der Waals surface area contributed by atoms with E-state index in [-0.39, 0.29) is 62.1 Å². The van der Waals surface area contributed by atoms with Gasteiger partial charge < -0.3 is 78.0 Å². The van der Waals surface area contributed by atoms with Gasteiger partial charge in [-0.1, -0.05) is 45.1 Å². The number of fused-ring (bicyclic) bond motifs is 6. The van der Waals surface area contributed by atoms with E-state index in [1.165, 1.54) is 7.11 Å². The molecule has 0 aromatic heterocycles. The molecule has 71 heavy (non-hydrogen) atoms. The normalized spacial score (nSPS) is 45.9. The fraction of sp³-hybridized carbons (Fsp3) is 0.887. The topological polar surface area (TPSA) is 248 Å². The number of rotatable bonds is 9. The molecule has 18 nitrogen and oxygen atoms in total. The van der Waals surface area contributed by atoms with Crippen molar-refractivity contribution in [3.63, 3.8) is 0 Å². The van der Waals surface area contributed by atoms with Crippen molar-refractivity contribution < 1.29 is 87.6 Å². The van der Waals surface area contributed by atoms with Crippen molar-refractivity contribution in [3.8, 4) is 0 Å². The first-order chi connectivity index (χ1) is 33.9. The Morgan fingerprint density at radius 1 is 0.718 bits per heavy atom. The minimum absolute atomic E-state index is 0.0492. The minimum atomic E-state index is -1.32. The quantitative estimate of drug-likeness (QED) is 0.137. The number of ether oxygens (including phenoxy) is 10. The Balaban J connectivity index is 1.12. The molecule has 0 saturated carbocycles. The molecule has 9 bridgehead atoms. The van der Waals surface area contributed by atoms with Gasteiger partial charge in [-0.3, -0.25) is 4.79 Å². The molecule has 18 heteroatoms. The van der Waals surface area contributed by atoms with Crippen molar-refractivity contribution in [2.45, 2.75) is 258 Å². The molecule has 3 spiro atoms. The molecule has 0 aromatic rings. The van der Waals surface area contributed by atoms with Crippen molar-refractivity contribution in [2.75, 3.05) is 21.3 Å². The second-order valence-electron chi connectivity index (χ2n) is 22.0. The molecule has 7 aliphatic rings. The predicted molar refractivity (Wildman–Crippen MR) is 255 cm³/mol. The van der Waals surface area contributed by atoms with Crippen LogP contribution in [0.5, 0.6) is 0 Å². The Morgan fingerprint density at radius 3 is 2.24 bits per heavy atom. The van der Waals surface area contributed by atoms with E-state index in [0.717, 1.165) is 6.42 Å². The summed E-state index contributed by atoms with van der Waals surface area (Å²) < 4.78 is 63.5. The molecule has 21 atom stereocenters. The fourth-order valence-corrected chi connectivity index (χ4v) is 12.3. The van der Waals surface area contributed by atoms with Crippen molar-refractivity contribution in [1.29, 1.82) is 0 Å². The van der Waals surface area contributed by atoms with Gasteiger partial charge in [-0.2, -0.15) is 0 Å². The van der Waals surface area contributed by atoms with Gasteiger partial charge in [0, 0.05) is 71.5 Å². The highest BCUT2D eigenvalue weighted by atomic mass is 16.8. The summed E-state index contributed by atoms with van der Waals surface area (Å²) in [5.74, 6) is -4.92. The zero-order valence-corrected chi connectivity index (χ0v) is 42.9. The molecule has 21 unspecified atom stereocenters. The Hall–Kier alpha value is -2.14. The molecule has 6 N–H and O–H groups in total. The van der Waals surface area contributed by atoms with Crippen LogP contribution >= 0.6 is 0 Å². The van der Waals surface area contributed by atoms with E-state index in [1.807, 2.05) is 32.1 Å². The van der Waals surface area contributed by atoms with Crippen LogP contribution in [0.1, 0.15) is 149 Å². The highest BCUT2D eigenvalue weighted by Gasteiger charge is 2.60. The summed E-state index contributed by atoms with van der Waals surface area (Å²) in [5.41, 5.74) is 0. The van der Waals surface area contributed by atoms with E-state index in [0.29, 0.717) is 89.9 Å². The smallest absolute Gasteiger partial charge is 0.335 e. The largest absolute Gasteiger partial charge is 0.467 e. The van der Waals surface area contributed by atoms with Gasteiger partial charge in [0.1, 0.15) is 30.5 Å². The molecule has 0 aliphatic carbocycles. The van der Waals surface area contributed by atoms with Crippen LogP contribution < -0.4 is 0 Å². The van der Waals surface area contributed by atoms with Gasteiger partial charge in [0.25, 0.3) is 0 Å². The van der Waals surface area contributed by atoms with E-state index >= 15 is 0 Å². The number of esters is 2. The maximum atomic E-state index is 13.9. The third kappa shape index (κ3) is 14.0. The molecule has 0 aromatic carbocycles. The predicted octanol–water partition coefficient (Wildman–Crippen LogP) is 4.58. The van der Waals surface area contributed by atoms with Crippen LogP contribution in [0.25, 0.3) is 0 Å². The molecule has 7 aliphatic heterocycles. The van der Waals surface area contributed by atoms with Crippen LogP contribution in [0.4, 0.5) is 0 Å². The van der Waals surface area contributed by atoms with Crippen LogP contribution in [-0.4, -0.2) is 173 Å². The minimum Gasteiger partial charge on any atom is -0.467 e. The SMILES string of the molecule is COC(=O)C(O)CC=CCC=CCC1OC23CC1OC(=O)CC1CCCC(O1)C(O)C(O)CC(O)CC1OC4(CCC1C)CCC(OC)C(O4)C(O)C(O)C(C)CCC1CC(OC)CC(CCC2C)(O1)O3. The summed E-state index contributed by atoms with van der Waals surface area (Å²) in [5, 5.41) is 67.7. The van der Waals surface area contributed by atoms with E-state index in [9.17, 15) is 40.2 Å². The fourth-order valence-electron chi connectivity index (χ4n) is 12.3. The van der Waals surface area contributed by atoms with Gasteiger partial charge in [0.05, 0.1) is 68.5 Å². The summed E-state index contributed by atoms with van der Waals surface area (Å²) in [7, 11) is 4.48. The average molecular weight is 1010 g/mol. The van der Waals surface area contributed by atoms with E-state index in [1.54, 1.807) is 20.3 Å². The molecule has 7 rings (SSSR count). The van der Waals surface area contributed by atoms with Crippen molar-refractivity contribution in [3.05, 3.63) is 24.3 Å². The maximum Gasteiger partial charge on any atom is 0.335 e. The van der Waals surface area contributed by atoms with Gasteiger partial charge in [-0.25, -0.2) is 4.79 Å². The van der Waals surface area contributed by atoms with Crippen LogP contribution in [-0.2, 0) is 57.0 Å². The molecular weight excluding hydrogens is 925 g/mol. The number of hydrogen-bond donors (Lipinski definition) is 6. The van der Waals surface area contributed by atoms with Gasteiger partial charge in [0.2, 0.25) is 0 Å². The highest BCUT2D eigenvalue weighted by molar-refractivity contribution is 5.74. The second kappa shape index (κ2) is 25.1. The molecule has 0 radical (unpaired) electrons. The number of hydrogen-bond acceptors (Lipinski definition) is 18. The van der Waals surface area contributed by atoms with Crippen molar-refractivity contribution in [1.82, 2.24) is 0 Å². The standard InChI is InChI=1S/C53H86O18/c1-31-19-22-51-24-21-42(63-5)49(70-51)48(60)46(58)32(2)17-18-36-27-37(62-4)29-52(67-36)23-20-33(3)53(71-52)30-44(40(69-53)15-11-9-7-8-10-14-38(55)50(61)64-6)66-45(57)28-35-13-12-16-41(65-35)47(59)39(56)25-34(54)26-43(31)68-51/h8-11,31-44,46-49,54-56,58-60H,7,12-30H2,1-6H3. The third-order valence-electron chi connectivity index (χ3n) is 16.8. The summed E-state index contributed by atoms with van der Waals surface area (Å²) in [6.45, 7) is 6.02. The van der Waals surface area contributed by atoms with E-state index in [4.69, 9.17) is 42.6 Å². The highest BCUT2D eigenvalue weighted by Crippen LogP contribution is 2.53. The lowest BCUT2D eigenvalue weighted by molar-refractivity contribution is -0.414. The number of carbonyl (C=O) groups is 2. The lowest BCUT2D eigenvalue weighted by atomic mass is 9.81. The van der Waals surface area contributed by atoms with Gasteiger partial charge in [-0.15, -0.1) is 0 Å². The Labute approximate surface area is 420 Å². The first-order valence-corrected chi connectivity index (χ1v) is 26.7. The Morgan fingerprint density at radius 2 is 1.48 bits per heavy atom. The monoisotopic (exact) mass is 1010 g/mol. The molecule has 7 heterocycles. The molecular formula is C53H86O18. The van der Waals surface area contributed by atoms with Crippen LogP contribution in [0.2, 0.25) is 0 Å². The van der Waals surface area contributed by atoms with Gasteiger partial charge in [0.15, 0.2) is 23.5 Å². The van der Waals surface area contributed by atoms with E-state index in [2.05, 4.69) is 11.7 Å². The lowest BCUT2D eigenvalue weighted by Crippen LogP contribution is -2.59. The summed E-state index contributed by atoms with van der Waals surface area (Å²) in [6.07, 6.45) is 3.72. The van der Waals surface area contributed by atoms with Crippen LogP contribution in [0, 0.1) is 17.8 Å². The van der Waals surface area contributed by atoms with Gasteiger partial charge in [-0.05, 0) is 82.5 Å². The molecule has 7 fully saturated rings. The summed E-state index contributed by atoms with van der Waals surface area (Å²) in [4.78, 5) is 25.5. The second-order valence-corrected chi connectivity index (χ2v) is 22.0. The molecule has 406 valence electrons. The Bertz CT molecular complexity index is 1770.